The molecular weight excluding hydrogens is 661 g/mol. The minimum Gasteiger partial charge on any atom is -0.459 e. The van der Waals surface area contributed by atoms with E-state index in [2.05, 4.69) is 0 Å². The van der Waals surface area contributed by atoms with Gasteiger partial charge < -0.3 is 23.8 Å². The Hall–Kier alpha value is -2.11. The third kappa shape index (κ3) is 4.56. The quantitative estimate of drug-likeness (QED) is 0.248. The van der Waals surface area contributed by atoms with Crippen molar-refractivity contribution in [3.05, 3.63) is 0 Å². The van der Waals surface area contributed by atoms with E-state index in [1.54, 1.807) is 25.7 Å². The first-order chi connectivity index (χ1) is 21.4. The lowest BCUT2D eigenvalue weighted by Gasteiger charge is -2.62. The van der Waals surface area contributed by atoms with Gasteiger partial charge in [-0.1, -0.05) is 0 Å². The molecule has 0 aromatic rings. The van der Waals surface area contributed by atoms with Gasteiger partial charge in [-0.15, -0.1) is 0 Å². The van der Waals surface area contributed by atoms with E-state index in [1.807, 2.05) is 0 Å². The van der Waals surface area contributed by atoms with E-state index in [4.69, 9.17) is 23.5 Å². The molecule has 9 unspecified atom stereocenters. The zero-order valence-electron chi connectivity index (χ0n) is 26.2. The topological polar surface area (TPSA) is 146 Å². The van der Waals surface area contributed by atoms with Crippen molar-refractivity contribution in [3.63, 3.8) is 0 Å². The van der Waals surface area contributed by atoms with Crippen molar-refractivity contribution in [2.45, 2.75) is 107 Å². The number of amides is 1. The molecule has 1 amide bonds. The second-order valence-electron chi connectivity index (χ2n) is 16.0. The van der Waals surface area contributed by atoms with Gasteiger partial charge in [0.25, 0.3) is 0 Å². The molecule has 9 atom stereocenters. The molecule has 11 nitrogen and oxygen atoms in total. The van der Waals surface area contributed by atoms with Crippen LogP contribution >= 0.6 is 0 Å². The number of rotatable bonds is 6. The number of carbonyl (C=O) groups excluding carboxylic acids is 3. The predicted octanol–water partition coefficient (Wildman–Crippen LogP) is 3.70. The summed E-state index contributed by atoms with van der Waals surface area (Å²) in [6.07, 6.45) is -3.53. The van der Waals surface area contributed by atoms with E-state index in [1.165, 1.54) is 0 Å². The molecule has 1 N–H and O–H groups in total. The Balaban J connectivity index is 1.15. The summed E-state index contributed by atoms with van der Waals surface area (Å²) >= 11 is 0. The zero-order valence-corrected chi connectivity index (χ0v) is 27.0. The molecule has 2 aliphatic heterocycles. The Kier molecular flexibility index (Phi) is 6.94. The minimum absolute atomic E-state index is 0.0337. The molecule has 8 aliphatic rings. The lowest BCUT2D eigenvalue weighted by Crippen LogP contribution is -2.65. The maximum absolute atomic E-state index is 14.3. The van der Waals surface area contributed by atoms with Crippen molar-refractivity contribution in [2.75, 3.05) is 13.2 Å². The standard InChI is InChI=1S/C30H38F5NO10S/c1-25(2,3)36-20-16-7-17(19(18(16)22(36)37)23(38)43-12-28(31,32)47(40,41)42)21(20)45-24(39)27-8-13-5-14(9-27)29(15(6-13)10-27)44-11-26(4,46-29)30(33,34)35/h13-21H,5-12H2,1-4H3,(H,40,41,42). The van der Waals surface area contributed by atoms with Gasteiger partial charge in [0.05, 0.1) is 29.9 Å². The molecule has 1 spiro atoms. The van der Waals surface area contributed by atoms with Crippen molar-refractivity contribution in [3.8, 4) is 0 Å². The van der Waals surface area contributed by atoms with Crippen LogP contribution in [0.2, 0.25) is 0 Å². The Labute approximate surface area is 267 Å². The highest BCUT2D eigenvalue weighted by molar-refractivity contribution is 7.86. The number of carbonyl (C=O) groups is 3. The van der Waals surface area contributed by atoms with Crippen LogP contribution in [0.3, 0.4) is 0 Å². The van der Waals surface area contributed by atoms with Crippen LogP contribution in [0.25, 0.3) is 0 Å². The Bertz CT molecular complexity index is 1500. The predicted molar refractivity (Wildman–Crippen MR) is 147 cm³/mol. The normalized spacial score (nSPS) is 45.4. The highest BCUT2D eigenvalue weighted by Gasteiger charge is 2.75. The number of nitrogens with zero attached hydrogens (tertiary/aromatic N) is 1. The second-order valence-corrected chi connectivity index (χ2v) is 17.6. The number of fused-ring (bicyclic) bond motifs is 1. The summed E-state index contributed by atoms with van der Waals surface area (Å²) in [5, 5.41) is -4.77. The summed E-state index contributed by atoms with van der Waals surface area (Å²) in [4.78, 5) is 42.9. The molecule has 0 aromatic carbocycles. The average molecular weight is 700 g/mol. The molecule has 17 heteroatoms. The molecule has 264 valence electrons. The lowest BCUT2D eigenvalue weighted by atomic mass is 9.47. The van der Waals surface area contributed by atoms with Crippen molar-refractivity contribution in [1.82, 2.24) is 4.90 Å². The fourth-order valence-electron chi connectivity index (χ4n) is 10.5. The van der Waals surface area contributed by atoms with Crippen LogP contribution in [-0.4, -0.2) is 89.4 Å². The smallest absolute Gasteiger partial charge is 0.419 e. The van der Waals surface area contributed by atoms with Crippen LogP contribution < -0.4 is 0 Å². The van der Waals surface area contributed by atoms with Crippen LogP contribution in [-0.2, 0) is 43.4 Å². The summed E-state index contributed by atoms with van der Waals surface area (Å²) < 4.78 is 123. The third-order valence-electron chi connectivity index (χ3n) is 12.2. The summed E-state index contributed by atoms with van der Waals surface area (Å²) in [5.74, 6) is -8.20. The molecule has 0 radical (unpaired) electrons. The van der Waals surface area contributed by atoms with E-state index in [0.717, 1.165) is 6.92 Å². The van der Waals surface area contributed by atoms with E-state index >= 15 is 0 Å². The number of halogens is 5. The molecule has 6 saturated carbocycles. The third-order valence-corrected chi connectivity index (χ3v) is 13.1. The van der Waals surface area contributed by atoms with Crippen LogP contribution in [0.15, 0.2) is 0 Å². The van der Waals surface area contributed by atoms with Crippen LogP contribution in [0.1, 0.15) is 66.2 Å². The molecule has 2 saturated heterocycles. The van der Waals surface area contributed by atoms with Crippen molar-refractivity contribution >= 4 is 28.0 Å². The number of alkyl halides is 5. The molecule has 2 heterocycles. The average Bonchev–Trinajstić information content (AvgIpc) is 3.64. The van der Waals surface area contributed by atoms with Gasteiger partial charge >= 0.3 is 33.5 Å². The molecule has 47 heavy (non-hydrogen) atoms. The Morgan fingerprint density at radius 3 is 2.17 bits per heavy atom. The first-order valence-electron chi connectivity index (χ1n) is 15.9. The molecule has 6 bridgehead atoms. The van der Waals surface area contributed by atoms with Crippen LogP contribution in [0.4, 0.5) is 22.0 Å². The summed E-state index contributed by atoms with van der Waals surface area (Å²) in [6.45, 7) is 3.69. The summed E-state index contributed by atoms with van der Waals surface area (Å²) in [7, 11) is -5.88. The van der Waals surface area contributed by atoms with E-state index < -0.39 is 123 Å². The number of hydrogen-bond donors (Lipinski definition) is 1. The van der Waals surface area contributed by atoms with Gasteiger partial charge in [0.2, 0.25) is 5.91 Å². The van der Waals surface area contributed by atoms with E-state index in [9.17, 15) is 44.8 Å². The maximum Gasteiger partial charge on any atom is 0.419 e. The van der Waals surface area contributed by atoms with Crippen molar-refractivity contribution < 1.29 is 68.3 Å². The van der Waals surface area contributed by atoms with Crippen molar-refractivity contribution in [1.29, 1.82) is 0 Å². The van der Waals surface area contributed by atoms with E-state index in [-0.39, 0.29) is 25.2 Å². The first kappa shape index (κ1) is 33.4. The number of ether oxygens (including phenoxy) is 4. The van der Waals surface area contributed by atoms with Gasteiger partial charge in [-0.3, -0.25) is 18.9 Å². The highest BCUT2D eigenvalue weighted by Crippen LogP contribution is 2.68. The maximum atomic E-state index is 14.3. The van der Waals surface area contributed by atoms with Gasteiger partial charge in [0.1, 0.15) is 6.10 Å². The van der Waals surface area contributed by atoms with Crippen molar-refractivity contribution in [2.24, 2.45) is 46.8 Å². The molecule has 0 aromatic heterocycles. The van der Waals surface area contributed by atoms with Crippen LogP contribution in [0.5, 0.6) is 0 Å². The minimum atomic E-state index is -5.88. The number of likely N-dealkylation sites (tertiary alicyclic amines) is 1. The Morgan fingerprint density at radius 1 is 1.02 bits per heavy atom. The highest BCUT2D eigenvalue weighted by atomic mass is 32.2. The lowest BCUT2D eigenvalue weighted by molar-refractivity contribution is -0.344. The van der Waals surface area contributed by atoms with Crippen LogP contribution in [0, 0.1) is 46.8 Å². The Morgan fingerprint density at radius 2 is 1.64 bits per heavy atom. The van der Waals surface area contributed by atoms with E-state index in [0.29, 0.717) is 19.3 Å². The largest absolute Gasteiger partial charge is 0.459 e. The van der Waals surface area contributed by atoms with Gasteiger partial charge in [0, 0.05) is 23.3 Å². The van der Waals surface area contributed by atoms with Gasteiger partial charge in [-0.2, -0.15) is 30.4 Å². The fourth-order valence-corrected chi connectivity index (χ4v) is 10.7. The molecule has 8 fully saturated rings. The molecule has 8 rings (SSSR count). The number of hydrogen-bond acceptors (Lipinski definition) is 9. The van der Waals surface area contributed by atoms with Gasteiger partial charge in [-0.05, 0) is 78.1 Å². The monoisotopic (exact) mass is 699 g/mol. The van der Waals surface area contributed by atoms with Gasteiger partial charge in [-0.25, -0.2) is 0 Å². The summed E-state index contributed by atoms with van der Waals surface area (Å²) in [5.41, 5.74) is -4.30. The molecular formula is C30H38F5NO10S. The molecule has 6 aliphatic carbocycles. The fraction of sp³-hybridized carbons (Fsp3) is 0.900. The van der Waals surface area contributed by atoms with Gasteiger partial charge in [0.15, 0.2) is 18.0 Å². The first-order valence-corrected chi connectivity index (χ1v) is 17.4. The number of esters is 2. The second kappa shape index (κ2) is 9.77. The summed E-state index contributed by atoms with van der Waals surface area (Å²) in [6, 6.07) is -0.612. The SMILES string of the molecule is CC(C)(C)N1C(=O)C2C3CC(C(OC(=O)C45CC6CC(C4)C4(OCC(C)(C(F)(F)F)O4)C(C6)C5)C31)C2C(=O)OCC(F)(F)S(=O)(=O)O. The zero-order chi connectivity index (χ0) is 34.5.